The van der Waals surface area contributed by atoms with Gasteiger partial charge in [-0.05, 0) is 13.8 Å². The van der Waals surface area contributed by atoms with Gasteiger partial charge in [-0.1, -0.05) is 0 Å². The Hall–Kier alpha value is -1.43. The monoisotopic (exact) mass is 227 g/mol. The van der Waals surface area contributed by atoms with Gasteiger partial charge in [0.2, 0.25) is 5.91 Å². The van der Waals surface area contributed by atoms with Crippen molar-refractivity contribution in [3.8, 4) is 0 Å². The molecule has 1 heterocycles. The van der Waals surface area contributed by atoms with Crippen molar-refractivity contribution in [2.75, 3.05) is 13.7 Å². The lowest BCUT2D eigenvalue weighted by molar-refractivity contribution is -0.130. The van der Waals surface area contributed by atoms with Crippen LogP contribution in [0.25, 0.3) is 0 Å². The molecule has 0 bridgehead atoms. The Morgan fingerprint density at radius 1 is 1.56 bits per heavy atom. The van der Waals surface area contributed by atoms with E-state index in [2.05, 4.69) is 10.4 Å². The number of carbonyl (C=O) groups excluding carboxylic acids is 2. The highest BCUT2D eigenvalue weighted by atomic mass is 16.3. The van der Waals surface area contributed by atoms with E-state index in [9.17, 15) is 9.59 Å². The highest BCUT2D eigenvalue weighted by Gasteiger charge is 2.26. The Morgan fingerprint density at radius 2 is 2.19 bits per heavy atom. The van der Waals surface area contributed by atoms with E-state index < -0.39 is 5.54 Å². The summed E-state index contributed by atoms with van der Waals surface area (Å²) in [6, 6.07) is 0. The summed E-state index contributed by atoms with van der Waals surface area (Å²) in [5, 5.41) is 16.7. The predicted molar refractivity (Wildman–Crippen MR) is 58.7 cm³/mol. The molecule has 2 amide bonds. The number of amides is 2. The molecule has 0 aliphatic carbocycles. The van der Waals surface area contributed by atoms with Crippen LogP contribution in [0.3, 0.4) is 0 Å². The van der Waals surface area contributed by atoms with Crippen LogP contribution in [0.5, 0.6) is 0 Å². The van der Waals surface area contributed by atoms with E-state index in [0.717, 1.165) is 0 Å². The number of carbonyl (C=O) groups is 2. The summed E-state index contributed by atoms with van der Waals surface area (Å²) >= 11 is 0. The number of hydrogen-bond acceptors (Lipinski definition) is 4. The molecule has 0 spiro atoms. The van der Waals surface area contributed by atoms with Gasteiger partial charge in [0.15, 0.2) is 0 Å². The second-order valence-electron chi connectivity index (χ2n) is 4.46. The number of rotatable bonds is 3. The van der Waals surface area contributed by atoms with Crippen molar-refractivity contribution in [1.29, 1.82) is 0 Å². The highest BCUT2D eigenvalue weighted by Crippen LogP contribution is 2.08. The Bertz CT molecular complexity index is 336. The van der Waals surface area contributed by atoms with E-state index in [0.29, 0.717) is 18.6 Å². The second-order valence-corrected chi connectivity index (χ2v) is 4.46. The van der Waals surface area contributed by atoms with Crippen LogP contribution in [0, 0.1) is 0 Å². The van der Waals surface area contributed by atoms with E-state index in [1.165, 1.54) is 12.1 Å². The zero-order valence-electron chi connectivity index (χ0n) is 9.78. The summed E-state index contributed by atoms with van der Waals surface area (Å²) < 4.78 is 0. The van der Waals surface area contributed by atoms with Crippen LogP contribution in [0.4, 0.5) is 0 Å². The molecule has 6 nitrogen and oxygen atoms in total. The van der Waals surface area contributed by atoms with Crippen LogP contribution < -0.4 is 5.32 Å². The molecule has 0 unspecified atom stereocenters. The molecule has 1 aliphatic heterocycles. The van der Waals surface area contributed by atoms with Gasteiger partial charge in [0, 0.05) is 19.9 Å². The highest BCUT2D eigenvalue weighted by molar-refractivity contribution is 6.39. The summed E-state index contributed by atoms with van der Waals surface area (Å²) in [6.07, 6.45) is 0.638. The average molecular weight is 227 g/mol. The average Bonchev–Trinajstić information content (AvgIpc) is 2.21. The maximum absolute atomic E-state index is 11.7. The largest absolute Gasteiger partial charge is 0.394 e. The Kier molecular flexibility index (Phi) is 3.64. The normalized spacial score (nSPS) is 17.1. The first kappa shape index (κ1) is 12.6. The van der Waals surface area contributed by atoms with Crippen molar-refractivity contribution < 1.29 is 14.7 Å². The minimum absolute atomic E-state index is 0.0991. The molecule has 90 valence electrons. The summed E-state index contributed by atoms with van der Waals surface area (Å²) in [7, 11) is 1.52. The van der Waals surface area contributed by atoms with Crippen LogP contribution >= 0.6 is 0 Å². The van der Waals surface area contributed by atoms with Crippen LogP contribution in [-0.4, -0.2) is 46.8 Å². The predicted octanol–water partition coefficient (Wildman–Crippen LogP) is -0.518. The van der Waals surface area contributed by atoms with Crippen molar-refractivity contribution in [2.24, 2.45) is 5.10 Å². The standard InChI is InChI=1S/C10H17N3O3/c1-10(2,6-14)11-9(16)7-4-5-8(15)13(3)12-7/h14H,4-6H2,1-3H3,(H,11,16). The molecule has 1 rings (SSSR count). The maximum atomic E-state index is 11.7. The molecule has 0 saturated carbocycles. The van der Waals surface area contributed by atoms with Gasteiger partial charge in [0.25, 0.3) is 5.91 Å². The quantitative estimate of drug-likeness (QED) is 0.680. The molecular formula is C10H17N3O3. The van der Waals surface area contributed by atoms with Gasteiger partial charge < -0.3 is 10.4 Å². The molecule has 0 aromatic heterocycles. The zero-order valence-corrected chi connectivity index (χ0v) is 9.78. The van der Waals surface area contributed by atoms with Crippen LogP contribution in [0.2, 0.25) is 0 Å². The zero-order chi connectivity index (χ0) is 12.3. The number of aliphatic hydroxyl groups excluding tert-OH is 1. The first-order valence-electron chi connectivity index (χ1n) is 5.13. The minimum Gasteiger partial charge on any atom is -0.394 e. The van der Waals surface area contributed by atoms with Gasteiger partial charge in [0.05, 0.1) is 12.1 Å². The van der Waals surface area contributed by atoms with Crippen molar-refractivity contribution in [1.82, 2.24) is 10.3 Å². The second kappa shape index (κ2) is 4.61. The van der Waals surface area contributed by atoms with Crippen LogP contribution in [0.1, 0.15) is 26.7 Å². The summed E-state index contributed by atoms with van der Waals surface area (Å²) in [5.74, 6) is -0.434. The summed E-state index contributed by atoms with van der Waals surface area (Å²) in [6.45, 7) is 3.27. The number of hydrogen-bond donors (Lipinski definition) is 2. The first-order valence-corrected chi connectivity index (χ1v) is 5.13. The van der Waals surface area contributed by atoms with Gasteiger partial charge >= 0.3 is 0 Å². The van der Waals surface area contributed by atoms with Gasteiger partial charge in [-0.2, -0.15) is 5.10 Å². The maximum Gasteiger partial charge on any atom is 0.267 e. The molecule has 1 aliphatic rings. The fraction of sp³-hybridized carbons (Fsp3) is 0.700. The van der Waals surface area contributed by atoms with Crippen molar-refractivity contribution in [2.45, 2.75) is 32.2 Å². The molecular weight excluding hydrogens is 210 g/mol. The molecule has 0 radical (unpaired) electrons. The Balaban J connectivity index is 2.69. The van der Waals surface area contributed by atoms with Gasteiger partial charge in [0.1, 0.15) is 5.71 Å². The molecule has 0 fully saturated rings. The lowest BCUT2D eigenvalue weighted by Crippen LogP contribution is -2.50. The Morgan fingerprint density at radius 3 is 2.69 bits per heavy atom. The summed E-state index contributed by atoms with van der Waals surface area (Å²) in [4.78, 5) is 22.9. The molecule has 0 atom stereocenters. The minimum atomic E-state index is -0.681. The molecule has 0 aromatic rings. The smallest absolute Gasteiger partial charge is 0.267 e. The Labute approximate surface area is 94.3 Å². The SMILES string of the molecule is CN1N=C(C(=O)NC(C)(C)CO)CCC1=O. The van der Waals surface area contributed by atoms with Gasteiger partial charge in [-0.15, -0.1) is 0 Å². The van der Waals surface area contributed by atoms with Crippen molar-refractivity contribution in [3.63, 3.8) is 0 Å². The number of nitrogens with one attached hydrogen (secondary N) is 1. The number of hydrazone groups is 1. The molecule has 16 heavy (non-hydrogen) atoms. The summed E-state index contributed by atoms with van der Waals surface area (Å²) in [5.41, 5.74) is -0.358. The van der Waals surface area contributed by atoms with Crippen LogP contribution in [-0.2, 0) is 9.59 Å². The fourth-order valence-corrected chi connectivity index (χ4v) is 1.25. The fourth-order valence-electron chi connectivity index (χ4n) is 1.25. The first-order chi connectivity index (χ1) is 7.35. The third kappa shape index (κ3) is 3.03. The molecule has 0 aromatic carbocycles. The number of nitrogens with zero attached hydrogens (tertiary/aromatic N) is 2. The topological polar surface area (TPSA) is 82.0 Å². The van der Waals surface area contributed by atoms with Gasteiger partial charge in [-0.25, -0.2) is 5.01 Å². The lowest BCUT2D eigenvalue weighted by Gasteiger charge is -2.25. The van der Waals surface area contributed by atoms with Crippen molar-refractivity contribution in [3.05, 3.63) is 0 Å². The van der Waals surface area contributed by atoms with E-state index in [1.807, 2.05) is 0 Å². The third-order valence-corrected chi connectivity index (χ3v) is 2.32. The number of aliphatic hydroxyl groups is 1. The van der Waals surface area contributed by atoms with E-state index in [1.54, 1.807) is 13.8 Å². The molecule has 2 N–H and O–H groups in total. The van der Waals surface area contributed by atoms with E-state index in [-0.39, 0.29) is 18.4 Å². The van der Waals surface area contributed by atoms with Crippen molar-refractivity contribution >= 4 is 17.5 Å². The van der Waals surface area contributed by atoms with Crippen LogP contribution in [0.15, 0.2) is 5.10 Å². The third-order valence-electron chi connectivity index (χ3n) is 2.32. The van der Waals surface area contributed by atoms with E-state index in [4.69, 9.17) is 5.11 Å². The van der Waals surface area contributed by atoms with Gasteiger partial charge in [-0.3, -0.25) is 9.59 Å². The molecule has 6 heteroatoms. The lowest BCUT2D eigenvalue weighted by atomic mass is 10.1. The molecule has 0 saturated heterocycles. The van der Waals surface area contributed by atoms with E-state index >= 15 is 0 Å².